The minimum atomic E-state index is -1.11. The van der Waals surface area contributed by atoms with Crippen molar-refractivity contribution in [1.82, 2.24) is 10.6 Å². The van der Waals surface area contributed by atoms with E-state index in [1.807, 2.05) is 72.8 Å². The highest BCUT2D eigenvalue weighted by atomic mass is 16.4. The van der Waals surface area contributed by atoms with Crippen LogP contribution < -0.4 is 16.4 Å². The first-order valence-corrected chi connectivity index (χ1v) is 10.9. The van der Waals surface area contributed by atoms with Gasteiger partial charge in [-0.2, -0.15) is 0 Å². The fraction of sp³-hybridized carbons (Fsp3) is 0.231. The summed E-state index contributed by atoms with van der Waals surface area (Å²) in [6.45, 7) is 0. The lowest BCUT2D eigenvalue weighted by atomic mass is 9.98. The number of carboxylic acids is 1. The number of nitrogens with two attached hydrogens (primary N) is 1. The van der Waals surface area contributed by atoms with Crippen LogP contribution in [0.15, 0.2) is 72.8 Å². The Labute approximate surface area is 197 Å². The van der Waals surface area contributed by atoms with Crippen molar-refractivity contribution in [2.24, 2.45) is 5.73 Å². The second kappa shape index (κ2) is 11.6. The third kappa shape index (κ3) is 6.90. The monoisotopic (exact) mass is 461 g/mol. The number of carbonyl (C=O) groups excluding carboxylic acids is 3. The van der Waals surface area contributed by atoms with Gasteiger partial charge in [0, 0.05) is 19.3 Å². The molecule has 0 aliphatic carbocycles. The standard InChI is InChI=1S/C26H27N3O5/c27-25(33)21(16-19-11-6-10-18-9-4-5-12-20(18)19)29-26(34)22(15-17-7-2-1-3-8-17)28-23(30)13-14-24(31)32/h1-12,21-22H,13-16H2,(H2,27,33)(H,28,30)(H,29,34)(H,31,32)/t21-,22+/m0/s1. The van der Waals surface area contributed by atoms with Crippen molar-refractivity contribution in [2.75, 3.05) is 0 Å². The van der Waals surface area contributed by atoms with Gasteiger partial charge in [0.2, 0.25) is 17.7 Å². The molecule has 176 valence electrons. The molecule has 0 aliphatic heterocycles. The zero-order valence-electron chi connectivity index (χ0n) is 18.6. The topological polar surface area (TPSA) is 139 Å². The maximum absolute atomic E-state index is 13.1. The number of hydrogen-bond donors (Lipinski definition) is 4. The van der Waals surface area contributed by atoms with Crippen LogP contribution in [-0.2, 0) is 32.0 Å². The lowest BCUT2D eigenvalue weighted by molar-refractivity contribution is -0.139. The van der Waals surface area contributed by atoms with Crippen LogP contribution in [0.5, 0.6) is 0 Å². The third-order valence-corrected chi connectivity index (χ3v) is 5.46. The molecule has 3 rings (SSSR count). The molecule has 0 aliphatic rings. The molecule has 34 heavy (non-hydrogen) atoms. The number of hydrogen-bond acceptors (Lipinski definition) is 4. The Bertz CT molecular complexity index is 1170. The van der Waals surface area contributed by atoms with Crippen molar-refractivity contribution in [1.29, 1.82) is 0 Å². The second-order valence-electron chi connectivity index (χ2n) is 8.01. The highest BCUT2D eigenvalue weighted by molar-refractivity contribution is 5.93. The molecule has 2 atom stereocenters. The molecule has 0 saturated carbocycles. The van der Waals surface area contributed by atoms with Gasteiger partial charge in [0.25, 0.3) is 0 Å². The molecule has 3 amide bonds. The lowest BCUT2D eigenvalue weighted by Crippen LogP contribution is -2.54. The van der Waals surface area contributed by atoms with Gasteiger partial charge in [0.1, 0.15) is 12.1 Å². The Hall–Kier alpha value is -4.20. The normalized spacial score (nSPS) is 12.5. The minimum Gasteiger partial charge on any atom is -0.481 e. The molecule has 0 heterocycles. The van der Waals surface area contributed by atoms with Gasteiger partial charge in [-0.1, -0.05) is 72.8 Å². The van der Waals surface area contributed by atoms with Crippen molar-refractivity contribution < 1.29 is 24.3 Å². The number of carboxylic acid groups (broad SMARTS) is 1. The van der Waals surface area contributed by atoms with Crippen molar-refractivity contribution >= 4 is 34.5 Å². The summed E-state index contributed by atoms with van der Waals surface area (Å²) in [7, 11) is 0. The van der Waals surface area contributed by atoms with Gasteiger partial charge in [-0.15, -0.1) is 0 Å². The number of nitrogens with one attached hydrogen (secondary N) is 2. The van der Waals surface area contributed by atoms with Gasteiger partial charge in [-0.05, 0) is 21.9 Å². The third-order valence-electron chi connectivity index (χ3n) is 5.46. The predicted molar refractivity (Wildman–Crippen MR) is 128 cm³/mol. The average Bonchev–Trinajstić information content (AvgIpc) is 2.82. The summed E-state index contributed by atoms with van der Waals surface area (Å²) in [6, 6.07) is 20.5. The number of primary amides is 1. The van der Waals surface area contributed by atoms with E-state index < -0.39 is 35.8 Å². The SMILES string of the molecule is NC(=O)[C@H](Cc1cccc2ccccc12)NC(=O)[C@@H](Cc1ccccc1)NC(=O)CCC(=O)O. The average molecular weight is 462 g/mol. The maximum atomic E-state index is 13.1. The summed E-state index contributed by atoms with van der Waals surface area (Å²) in [5.41, 5.74) is 7.26. The highest BCUT2D eigenvalue weighted by Crippen LogP contribution is 2.20. The van der Waals surface area contributed by atoms with Gasteiger partial charge < -0.3 is 21.5 Å². The summed E-state index contributed by atoms with van der Waals surface area (Å²) < 4.78 is 0. The van der Waals surface area contributed by atoms with Crippen LogP contribution in [0.1, 0.15) is 24.0 Å². The van der Waals surface area contributed by atoms with Crippen molar-refractivity contribution in [3.8, 4) is 0 Å². The summed E-state index contributed by atoms with van der Waals surface area (Å²) in [6.07, 6.45) is -0.252. The quantitative estimate of drug-likeness (QED) is 0.346. The van der Waals surface area contributed by atoms with Gasteiger partial charge >= 0.3 is 5.97 Å². The molecule has 0 unspecified atom stereocenters. The molecule has 5 N–H and O–H groups in total. The Morgan fingerprint density at radius 1 is 0.765 bits per heavy atom. The van der Waals surface area contributed by atoms with Crippen LogP contribution in [-0.4, -0.2) is 40.9 Å². The molecule has 0 fully saturated rings. The zero-order chi connectivity index (χ0) is 24.5. The van der Waals surface area contributed by atoms with E-state index in [2.05, 4.69) is 10.6 Å². The molecule has 8 nitrogen and oxygen atoms in total. The summed E-state index contributed by atoms with van der Waals surface area (Å²) in [5.74, 6) is -2.94. The van der Waals surface area contributed by atoms with Gasteiger partial charge in [0.05, 0.1) is 6.42 Å². The number of carbonyl (C=O) groups is 4. The predicted octanol–water partition coefficient (Wildman–Crippen LogP) is 1.94. The molecular formula is C26H27N3O5. The van der Waals surface area contributed by atoms with Gasteiger partial charge in [0.15, 0.2) is 0 Å². The van der Waals surface area contributed by atoms with Gasteiger partial charge in [-0.3, -0.25) is 19.2 Å². The fourth-order valence-corrected chi connectivity index (χ4v) is 3.73. The molecular weight excluding hydrogens is 434 g/mol. The molecule has 0 bridgehead atoms. The number of benzene rings is 3. The fourth-order valence-electron chi connectivity index (χ4n) is 3.73. The van der Waals surface area contributed by atoms with E-state index in [0.717, 1.165) is 21.9 Å². The molecule has 0 spiro atoms. The van der Waals surface area contributed by atoms with E-state index in [1.54, 1.807) is 0 Å². The summed E-state index contributed by atoms with van der Waals surface area (Å²) >= 11 is 0. The molecule has 8 heteroatoms. The van der Waals surface area contributed by atoms with E-state index in [-0.39, 0.29) is 25.7 Å². The van der Waals surface area contributed by atoms with Crippen molar-refractivity contribution in [3.63, 3.8) is 0 Å². The molecule has 0 aromatic heterocycles. The first-order chi connectivity index (χ1) is 16.3. The van der Waals surface area contributed by atoms with E-state index in [4.69, 9.17) is 10.8 Å². The number of amides is 3. The second-order valence-corrected chi connectivity index (χ2v) is 8.01. The van der Waals surface area contributed by atoms with E-state index in [0.29, 0.717) is 0 Å². The van der Waals surface area contributed by atoms with Crippen molar-refractivity contribution in [2.45, 2.75) is 37.8 Å². The maximum Gasteiger partial charge on any atom is 0.303 e. The van der Waals surface area contributed by atoms with E-state index in [9.17, 15) is 19.2 Å². The Morgan fingerprint density at radius 2 is 1.44 bits per heavy atom. The molecule has 0 saturated heterocycles. The molecule has 3 aromatic carbocycles. The van der Waals surface area contributed by atoms with Crippen LogP contribution in [0, 0.1) is 0 Å². The minimum absolute atomic E-state index is 0.172. The van der Waals surface area contributed by atoms with E-state index in [1.165, 1.54) is 0 Å². The smallest absolute Gasteiger partial charge is 0.303 e. The van der Waals surface area contributed by atoms with Crippen LogP contribution in [0.25, 0.3) is 10.8 Å². The largest absolute Gasteiger partial charge is 0.481 e. The first-order valence-electron chi connectivity index (χ1n) is 10.9. The Morgan fingerprint density at radius 3 is 2.15 bits per heavy atom. The first kappa shape index (κ1) is 24.4. The Balaban J connectivity index is 1.77. The van der Waals surface area contributed by atoms with Crippen LogP contribution >= 0.6 is 0 Å². The molecule has 0 radical (unpaired) electrons. The van der Waals surface area contributed by atoms with Crippen LogP contribution in [0.2, 0.25) is 0 Å². The number of rotatable bonds is 11. The summed E-state index contributed by atoms with van der Waals surface area (Å²) in [4.78, 5) is 48.4. The van der Waals surface area contributed by atoms with Gasteiger partial charge in [-0.25, -0.2) is 0 Å². The summed E-state index contributed by atoms with van der Waals surface area (Å²) in [5, 5.41) is 16.0. The zero-order valence-corrected chi connectivity index (χ0v) is 18.6. The molecule has 3 aromatic rings. The highest BCUT2D eigenvalue weighted by Gasteiger charge is 2.26. The number of aliphatic carboxylic acids is 1. The Kier molecular flexibility index (Phi) is 8.34. The number of fused-ring (bicyclic) bond motifs is 1. The van der Waals surface area contributed by atoms with Crippen LogP contribution in [0.3, 0.4) is 0 Å². The lowest BCUT2D eigenvalue weighted by Gasteiger charge is -2.22. The van der Waals surface area contributed by atoms with Crippen molar-refractivity contribution in [3.05, 3.63) is 83.9 Å². The van der Waals surface area contributed by atoms with Crippen LogP contribution in [0.4, 0.5) is 0 Å². The van der Waals surface area contributed by atoms with E-state index >= 15 is 0 Å².